The smallest absolute Gasteiger partial charge is 0.290 e. The summed E-state index contributed by atoms with van der Waals surface area (Å²) in [6.07, 6.45) is 0. The highest BCUT2D eigenvalue weighted by atomic mass is 32.2. The van der Waals surface area contributed by atoms with Gasteiger partial charge in [-0.3, -0.25) is 40.5 Å². The lowest BCUT2D eigenvalue weighted by atomic mass is 10.3. The van der Waals surface area contributed by atoms with Crippen LogP contribution in [-0.2, 0) is 0 Å². The Morgan fingerprint density at radius 2 is 1.27 bits per heavy atom. The molecule has 0 saturated carbocycles. The molecule has 0 radical (unpaired) electrons. The highest BCUT2D eigenvalue weighted by molar-refractivity contribution is 8.00. The molecule has 0 unspecified atom stereocenters. The van der Waals surface area contributed by atoms with Crippen molar-refractivity contribution in [3.63, 3.8) is 0 Å². The summed E-state index contributed by atoms with van der Waals surface area (Å²) in [6, 6.07) is 15.3. The van der Waals surface area contributed by atoms with E-state index in [-0.39, 0.29) is 25.9 Å². The zero-order valence-corrected chi connectivity index (χ0v) is 21.9. The van der Waals surface area contributed by atoms with Gasteiger partial charge in [0.05, 0.1) is 41.6 Å². The number of hydrogen-bond donors (Lipinski definition) is 0. The highest BCUT2D eigenvalue weighted by Gasteiger charge is 2.28. The summed E-state index contributed by atoms with van der Waals surface area (Å²) in [5.74, 6) is 0.165. The molecule has 0 aliphatic rings. The fraction of sp³-hybridized carbons (Fsp3) is 0.0870. The zero-order chi connectivity index (χ0) is 29.0. The summed E-state index contributed by atoms with van der Waals surface area (Å²) < 4.78 is 6.00. The van der Waals surface area contributed by atoms with Gasteiger partial charge in [-0.1, -0.05) is 30.0 Å². The van der Waals surface area contributed by atoms with Gasteiger partial charge >= 0.3 is 0 Å². The van der Waals surface area contributed by atoms with Crippen LogP contribution in [-0.4, -0.2) is 31.2 Å². The number of nitro groups is 4. The molecule has 0 atom stereocenters. The number of rotatable bonds is 11. The average Bonchev–Trinajstić information content (AvgIpc) is 3.31. The Morgan fingerprint density at radius 1 is 0.750 bits per heavy atom. The van der Waals surface area contributed by atoms with Crippen molar-refractivity contribution in [2.75, 3.05) is 11.4 Å². The van der Waals surface area contributed by atoms with Crippen LogP contribution in [0.25, 0.3) is 0 Å². The largest absolute Gasteiger partial charge is 0.413 e. The lowest BCUT2D eigenvalue weighted by Gasteiger charge is -2.20. The number of non-ortho nitro benzene ring substituents is 2. The molecule has 0 N–H and O–H groups in total. The minimum atomic E-state index is -0.766. The molecule has 1 aromatic heterocycles. The van der Waals surface area contributed by atoms with E-state index >= 15 is 0 Å². The van der Waals surface area contributed by atoms with E-state index in [1.807, 2.05) is 13.0 Å². The van der Waals surface area contributed by atoms with Crippen molar-refractivity contribution in [2.45, 2.75) is 27.0 Å². The van der Waals surface area contributed by atoms with E-state index < -0.39 is 42.4 Å². The predicted octanol–water partition coefficient (Wildman–Crippen LogP) is 6.77. The maximum Gasteiger partial charge on any atom is 0.290 e. The Bertz CT molecular complexity index is 1630. The molecular formula is C23H16N6O9S2. The molecule has 0 fully saturated rings. The second-order valence-corrected chi connectivity index (χ2v) is 9.73. The standard InChI is InChI=1S/C23H16N6O9S2/c1-2-25(14-6-4-3-5-7-14)22-21(39-19-10-8-15(26(30)31)12-17(19)28(34)35)24-23(38-22)40-20-11-9-16(27(32)33)13-18(20)29(36)37/h3-13H,2H2,1H3. The molecule has 15 nitrogen and oxygen atoms in total. The Labute approximate surface area is 232 Å². The van der Waals surface area contributed by atoms with Crippen molar-refractivity contribution in [3.8, 4) is 0 Å². The van der Waals surface area contributed by atoms with Crippen LogP contribution in [0.5, 0.6) is 0 Å². The van der Waals surface area contributed by atoms with Gasteiger partial charge in [-0.25, -0.2) is 0 Å². The molecule has 204 valence electrons. The van der Waals surface area contributed by atoms with E-state index in [2.05, 4.69) is 4.98 Å². The first-order chi connectivity index (χ1) is 19.1. The average molecular weight is 585 g/mol. The van der Waals surface area contributed by atoms with Crippen LogP contribution in [0.4, 0.5) is 34.3 Å². The number of para-hydroxylation sites is 1. The molecule has 4 rings (SSSR count). The van der Waals surface area contributed by atoms with E-state index in [0.717, 1.165) is 47.8 Å². The van der Waals surface area contributed by atoms with E-state index in [0.29, 0.717) is 12.2 Å². The second kappa shape index (κ2) is 11.8. The summed E-state index contributed by atoms with van der Waals surface area (Å²) in [5, 5.41) is 45.6. The quantitative estimate of drug-likeness (QED) is 0.132. The number of aromatic nitrogens is 1. The monoisotopic (exact) mass is 584 g/mol. The second-order valence-electron chi connectivity index (χ2n) is 7.71. The third-order valence-corrected chi connectivity index (χ3v) is 7.23. The van der Waals surface area contributed by atoms with Gasteiger partial charge in [0.2, 0.25) is 5.88 Å². The molecule has 0 aliphatic carbocycles. The lowest BCUT2D eigenvalue weighted by Crippen LogP contribution is -2.15. The van der Waals surface area contributed by atoms with Crippen LogP contribution in [0.3, 0.4) is 0 Å². The van der Waals surface area contributed by atoms with Gasteiger partial charge in [-0.2, -0.15) is 4.98 Å². The van der Waals surface area contributed by atoms with Crippen LogP contribution in [0.1, 0.15) is 6.92 Å². The van der Waals surface area contributed by atoms with Crippen molar-refractivity contribution < 1.29 is 24.1 Å². The maximum absolute atomic E-state index is 11.7. The molecule has 1 heterocycles. The van der Waals surface area contributed by atoms with Gasteiger partial charge in [0.15, 0.2) is 5.03 Å². The van der Waals surface area contributed by atoms with Crippen LogP contribution in [0.15, 0.2) is 91.2 Å². The molecular weight excluding hydrogens is 568 g/mol. The van der Waals surface area contributed by atoms with Crippen molar-refractivity contribution in [1.82, 2.24) is 4.98 Å². The molecule has 40 heavy (non-hydrogen) atoms. The number of anilines is 2. The van der Waals surface area contributed by atoms with Crippen molar-refractivity contribution in [2.24, 2.45) is 0 Å². The summed E-state index contributed by atoms with van der Waals surface area (Å²) >= 11 is 1.57. The van der Waals surface area contributed by atoms with Gasteiger partial charge in [0.1, 0.15) is 0 Å². The van der Waals surface area contributed by atoms with Crippen LogP contribution < -0.4 is 4.90 Å². The summed E-state index contributed by atoms with van der Waals surface area (Å²) in [4.78, 5) is 48.7. The molecule has 0 bridgehead atoms. The third-order valence-electron chi connectivity index (χ3n) is 5.29. The minimum Gasteiger partial charge on any atom is -0.413 e. The van der Waals surface area contributed by atoms with Gasteiger partial charge < -0.3 is 9.32 Å². The number of nitro benzene ring substituents is 4. The lowest BCUT2D eigenvalue weighted by molar-refractivity contribution is -0.396. The van der Waals surface area contributed by atoms with Gasteiger partial charge in [0, 0.05) is 24.4 Å². The number of oxazole rings is 1. The van der Waals surface area contributed by atoms with Crippen LogP contribution in [0, 0.1) is 40.5 Å². The predicted molar refractivity (Wildman–Crippen MR) is 143 cm³/mol. The zero-order valence-electron chi connectivity index (χ0n) is 20.2. The molecule has 0 aliphatic heterocycles. The molecule has 0 spiro atoms. The first-order valence-corrected chi connectivity index (χ1v) is 12.8. The Hall–Kier alpha value is -5.03. The number of hydrogen-bond acceptors (Lipinski definition) is 13. The Kier molecular flexibility index (Phi) is 8.25. The van der Waals surface area contributed by atoms with Gasteiger partial charge in [0.25, 0.3) is 28.0 Å². The molecule has 3 aromatic carbocycles. The molecule has 0 amide bonds. The maximum atomic E-state index is 11.7. The first-order valence-electron chi connectivity index (χ1n) is 11.1. The highest BCUT2D eigenvalue weighted by Crippen LogP contribution is 2.46. The van der Waals surface area contributed by atoms with E-state index in [1.54, 1.807) is 29.2 Å². The Morgan fingerprint density at radius 3 is 1.75 bits per heavy atom. The topological polar surface area (TPSA) is 202 Å². The summed E-state index contributed by atoms with van der Waals surface area (Å²) in [6.45, 7) is 2.20. The fourth-order valence-corrected chi connectivity index (χ4v) is 5.33. The van der Waals surface area contributed by atoms with Crippen LogP contribution >= 0.6 is 23.5 Å². The molecule has 4 aromatic rings. The van der Waals surface area contributed by atoms with Crippen molar-refractivity contribution in [3.05, 3.63) is 107 Å². The number of nitrogens with zero attached hydrogens (tertiary/aromatic N) is 6. The minimum absolute atomic E-state index is 0.0176. The van der Waals surface area contributed by atoms with E-state index in [4.69, 9.17) is 4.42 Å². The third kappa shape index (κ3) is 6.00. The van der Waals surface area contributed by atoms with Crippen molar-refractivity contribution >= 4 is 57.8 Å². The molecule has 17 heteroatoms. The van der Waals surface area contributed by atoms with Gasteiger partial charge in [-0.05, 0) is 43.0 Å². The van der Waals surface area contributed by atoms with Crippen LogP contribution in [0.2, 0.25) is 0 Å². The SMILES string of the molecule is CCN(c1ccccc1)c1oc(Sc2ccc([N+](=O)[O-])cc2[N+](=O)[O-])nc1Sc1ccc([N+](=O)[O-])cc1[N+](=O)[O-]. The fourth-order valence-electron chi connectivity index (χ4n) is 3.51. The van der Waals surface area contributed by atoms with E-state index in [9.17, 15) is 40.5 Å². The summed E-state index contributed by atoms with van der Waals surface area (Å²) in [7, 11) is 0. The normalized spacial score (nSPS) is 10.7. The first kappa shape index (κ1) is 28.0. The van der Waals surface area contributed by atoms with E-state index in [1.165, 1.54) is 12.1 Å². The summed E-state index contributed by atoms with van der Waals surface area (Å²) in [5.41, 5.74) is -1.28. The van der Waals surface area contributed by atoms with Gasteiger partial charge in [-0.15, -0.1) is 0 Å². The van der Waals surface area contributed by atoms with Crippen molar-refractivity contribution in [1.29, 1.82) is 0 Å². The Balaban J connectivity index is 1.82. The number of benzene rings is 3. The molecule has 0 saturated heterocycles.